The number of ether oxygens (including phenoxy) is 1. The summed E-state index contributed by atoms with van der Waals surface area (Å²) in [4.78, 5) is 21.0. The molecule has 7 heteroatoms. The van der Waals surface area contributed by atoms with Gasteiger partial charge in [-0.15, -0.1) is 0 Å². The maximum Gasteiger partial charge on any atom is 0.329 e. The van der Waals surface area contributed by atoms with Crippen molar-refractivity contribution in [1.29, 1.82) is 0 Å². The second kappa shape index (κ2) is 9.09. The topological polar surface area (TPSA) is 45.7 Å². The molecule has 3 rings (SSSR count). The monoisotopic (exact) mass is 415 g/mol. The minimum Gasteiger partial charge on any atom is -0.478 e. The molecule has 0 bridgehead atoms. The summed E-state index contributed by atoms with van der Waals surface area (Å²) >= 11 is 5.92. The number of hydrogen-bond donors (Lipinski definition) is 0. The number of urea groups is 1. The van der Waals surface area contributed by atoms with Crippen molar-refractivity contribution in [3.63, 3.8) is 0 Å². The predicted octanol–water partition coefficient (Wildman–Crippen LogP) is 5.90. The van der Waals surface area contributed by atoms with Gasteiger partial charge in [0.25, 0.3) is 0 Å². The summed E-state index contributed by atoms with van der Waals surface area (Å²) in [6.07, 6.45) is 1.65. The Bertz CT molecular complexity index is 1030. The predicted molar refractivity (Wildman–Crippen MR) is 116 cm³/mol. The summed E-state index contributed by atoms with van der Waals surface area (Å²) in [5.74, 6) is 0.0148. The Labute approximate surface area is 174 Å². The van der Waals surface area contributed by atoms with E-state index in [2.05, 4.69) is 4.98 Å². The number of fused-ring (bicyclic) bond motifs is 1. The van der Waals surface area contributed by atoms with Gasteiger partial charge in [0.1, 0.15) is 5.82 Å². The number of rotatable bonds is 6. The van der Waals surface area contributed by atoms with Gasteiger partial charge in [0.15, 0.2) is 0 Å². The van der Waals surface area contributed by atoms with Crippen LogP contribution in [0.2, 0.25) is 5.02 Å². The molecule has 0 atom stereocenters. The quantitative estimate of drug-likeness (QED) is 0.503. The highest BCUT2D eigenvalue weighted by Crippen LogP contribution is 2.33. The molecule has 0 unspecified atom stereocenters. The van der Waals surface area contributed by atoms with Gasteiger partial charge in [-0.3, -0.25) is 9.80 Å². The van der Waals surface area contributed by atoms with E-state index in [-0.39, 0.29) is 11.1 Å². The Kier molecular flexibility index (Phi) is 6.54. The maximum atomic E-state index is 13.6. The Morgan fingerprint density at radius 1 is 1.07 bits per heavy atom. The summed E-state index contributed by atoms with van der Waals surface area (Å²) in [6.45, 7) is 7.00. The van der Waals surface area contributed by atoms with Crippen LogP contribution in [0.25, 0.3) is 10.8 Å². The molecule has 2 aromatic carbocycles. The Balaban J connectivity index is 2.05. The van der Waals surface area contributed by atoms with Crippen LogP contribution in [0.4, 0.5) is 20.6 Å². The standard InChI is InChI=1S/C22H23ClFN3O2/c1-4-26(15-11-12-19(24)18(23)13-15)22(28)27(5-2)20-14-25-21(29-6-3)17-10-8-7-9-16(17)20/h7-14H,4-6H2,1-3H3. The van der Waals surface area contributed by atoms with E-state index in [9.17, 15) is 9.18 Å². The van der Waals surface area contributed by atoms with Gasteiger partial charge in [0.05, 0.1) is 23.5 Å². The normalized spacial score (nSPS) is 10.8. The van der Waals surface area contributed by atoms with E-state index in [1.54, 1.807) is 22.1 Å². The van der Waals surface area contributed by atoms with Crippen molar-refractivity contribution in [3.05, 3.63) is 59.5 Å². The van der Waals surface area contributed by atoms with Crippen LogP contribution < -0.4 is 14.5 Å². The van der Waals surface area contributed by atoms with Crippen molar-refractivity contribution in [2.45, 2.75) is 20.8 Å². The van der Waals surface area contributed by atoms with Gasteiger partial charge >= 0.3 is 6.03 Å². The first kappa shape index (κ1) is 20.9. The fourth-order valence-electron chi connectivity index (χ4n) is 3.25. The van der Waals surface area contributed by atoms with E-state index in [0.717, 1.165) is 10.8 Å². The molecule has 0 aliphatic rings. The SMILES string of the molecule is CCOc1ncc(N(CC)C(=O)N(CC)c2ccc(F)c(Cl)c2)c2ccccc12. The molecular formula is C22H23ClFN3O2. The number of halogens is 2. The fraction of sp³-hybridized carbons (Fsp3) is 0.273. The number of carbonyl (C=O) groups excluding carboxylic acids is 1. The highest BCUT2D eigenvalue weighted by Gasteiger charge is 2.24. The van der Waals surface area contributed by atoms with E-state index in [1.807, 2.05) is 45.0 Å². The van der Waals surface area contributed by atoms with Crippen molar-refractivity contribution in [2.75, 3.05) is 29.5 Å². The van der Waals surface area contributed by atoms with Gasteiger partial charge in [-0.1, -0.05) is 29.8 Å². The van der Waals surface area contributed by atoms with E-state index >= 15 is 0 Å². The second-order valence-corrected chi connectivity index (χ2v) is 6.70. The van der Waals surface area contributed by atoms with E-state index in [1.165, 1.54) is 12.1 Å². The summed E-state index contributed by atoms with van der Waals surface area (Å²) in [7, 11) is 0. The second-order valence-electron chi connectivity index (χ2n) is 6.30. The number of amides is 2. The van der Waals surface area contributed by atoms with Crippen LogP contribution in [0.3, 0.4) is 0 Å². The Hall–Kier alpha value is -2.86. The maximum absolute atomic E-state index is 13.6. The van der Waals surface area contributed by atoms with Crippen molar-refractivity contribution in [1.82, 2.24) is 4.98 Å². The molecule has 0 saturated carbocycles. The molecule has 0 N–H and O–H groups in total. The first-order chi connectivity index (χ1) is 14.0. The molecule has 0 aliphatic heterocycles. The molecule has 3 aromatic rings. The van der Waals surface area contributed by atoms with Gasteiger partial charge in [0, 0.05) is 29.5 Å². The van der Waals surface area contributed by atoms with Crippen LogP contribution in [-0.4, -0.2) is 30.7 Å². The average molecular weight is 416 g/mol. The third-order valence-electron chi connectivity index (χ3n) is 4.62. The lowest BCUT2D eigenvalue weighted by molar-refractivity contribution is 0.252. The molecule has 1 aromatic heterocycles. The van der Waals surface area contributed by atoms with Gasteiger partial charge in [-0.25, -0.2) is 14.2 Å². The molecule has 0 spiro atoms. The lowest BCUT2D eigenvalue weighted by Gasteiger charge is -2.30. The minimum atomic E-state index is -0.520. The third-order valence-corrected chi connectivity index (χ3v) is 4.91. The van der Waals surface area contributed by atoms with Crippen molar-refractivity contribution < 1.29 is 13.9 Å². The molecule has 0 radical (unpaired) electrons. The van der Waals surface area contributed by atoms with E-state index < -0.39 is 5.82 Å². The zero-order valence-electron chi connectivity index (χ0n) is 16.7. The molecule has 29 heavy (non-hydrogen) atoms. The zero-order valence-corrected chi connectivity index (χ0v) is 17.4. The summed E-state index contributed by atoms with van der Waals surface area (Å²) < 4.78 is 19.2. The molecule has 0 saturated heterocycles. The molecule has 152 valence electrons. The Morgan fingerprint density at radius 2 is 1.76 bits per heavy atom. The van der Waals surface area contributed by atoms with Gasteiger partial charge in [-0.2, -0.15) is 0 Å². The van der Waals surface area contributed by atoms with Crippen molar-refractivity contribution >= 4 is 39.8 Å². The first-order valence-corrected chi connectivity index (χ1v) is 9.94. The number of carbonyl (C=O) groups is 1. The van der Waals surface area contributed by atoms with Crippen LogP contribution in [0.15, 0.2) is 48.7 Å². The number of benzene rings is 2. The fourth-order valence-corrected chi connectivity index (χ4v) is 3.43. The summed E-state index contributed by atoms with van der Waals surface area (Å²) in [6, 6.07) is 11.7. The first-order valence-electron chi connectivity index (χ1n) is 9.56. The lowest BCUT2D eigenvalue weighted by atomic mass is 10.1. The van der Waals surface area contributed by atoms with Gasteiger partial charge < -0.3 is 4.74 Å². The molecular weight excluding hydrogens is 393 g/mol. The van der Waals surface area contributed by atoms with Crippen LogP contribution in [-0.2, 0) is 0 Å². The largest absolute Gasteiger partial charge is 0.478 e. The summed E-state index contributed by atoms with van der Waals surface area (Å²) in [5.41, 5.74) is 1.22. The molecule has 0 fully saturated rings. The van der Waals surface area contributed by atoms with Gasteiger partial charge in [-0.05, 0) is 45.0 Å². The highest BCUT2D eigenvalue weighted by atomic mass is 35.5. The minimum absolute atomic E-state index is 0.0232. The molecule has 5 nitrogen and oxygen atoms in total. The van der Waals surface area contributed by atoms with Crippen LogP contribution >= 0.6 is 11.6 Å². The van der Waals surface area contributed by atoms with E-state index in [0.29, 0.717) is 37.0 Å². The Morgan fingerprint density at radius 3 is 2.38 bits per heavy atom. The molecule has 1 heterocycles. The third kappa shape index (κ3) is 4.12. The number of nitrogens with zero attached hydrogens (tertiary/aromatic N) is 3. The zero-order chi connectivity index (χ0) is 21.0. The van der Waals surface area contributed by atoms with Crippen molar-refractivity contribution in [3.8, 4) is 5.88 Å². The van der Waals surface area contributed by atoms with Crippen LogP contribution in [0, 0.1) is 5.82 Å². The lowest BCUT2D eigenvalue weighted by Crippen LogP contribution is -2.43. The summed E-state index contributed by atoms with van der Waals surface area (Å²) in [5, 5.41) is 1.69. The highest BCUT2D eigenvalue weighted by molar-refractivity contribution is 6.31. The van der Waals surface area contributed by atoms with Crippen molar-refractivity contribution in [2.24, 2.45) is 0 Å². The number of hydrogen-bond acceptors (Lipinski definition) is 3. The molecule has 2 amide bonds. The smallest absolute Gasteiger partial charge is 0.329 e. The number of pyridine rings is 1. The van der Waals surface area contributed by atoms with Gasteiger partial charge in [0.2, 0.25) is 5.88 Å². The molecule has 0 aliphatic carbocycles. The van der Waals surface area contributed by atoms with Crippen LogP contribution in [0.1, 0.15) is 20.8 Å². The van der Waals surface area contributed by atoms with Crippen LogP contribution in [0.5, 0.6) is 5.88 Å². The van der Waals surface area contributed by atoms with E-state index in [4.69, 9.17) is 16.3 Å². The average Bonchev–Trinajstić information content (AvgIpc) is 2.73. The number of anilines is 2. The number of aromatic nitrogens is 1.